The Balaban J connectivity index is 2.76. The summed E-state index contributed by atoms with van der Waals surface area (Å²) in [7, 11) is 1.94. The Morgan fingerprint density at radius 1 is 1.67 bits per heavy atom. The number of nitrogens with one attached hydrogen (secondary N) is 1. The van der Waals surface area contributed by atoms with Crippen molar-refractivity contribution in [3.8, 4) is 0 Å². The molecule has 4 heteroatoms. The van der Waals surface area contributed by atoms with Gasteiger partial charge in [-0.1, -0.05) is 12.1 Å². The lowest BCUT2D eigenvalue weighted by Gasteiger charge is -2.10. The predicted molar refractivity (Wildman–Crippen MR) is 47.8 cm³/mol. The van der Waals surface area contributed by atoms with Gasteiger partial charge < -0.3 is 5.32 Å². The molecule has 1 unspecified atom stereocenters. The number of rotatable bonds is 4. The van der Waals surface area contributed by atoms with E-state index in [1.165, 1.54) is 0 Å². The van der Waals surface area contributed by atoms with Crippen molar-refractivity contribution in [2.45, 2.75) is 32.9 Å². The SMILES string of the molecule is CCCn1nncc1C(C)NC. The summed E-state index contributed by atoms with van der Waals surface area (Å²) in [6.07, 6.45) is 2.91. The summed E-state index contributed by atoms with van der Waals surface area (Å²) in [6.45, 7) is 5.18. The van der Waals surface area contributed by atoms with E-state index in [9.17, 15) is 0 Å². The third-order valence-electron chi connectivity index (χ3n) is 1.96. The zero-order valence-electron chi connectivity index (χ0n) is 7.91. The third-order valence-corrected chi connectivity index (χ3v) is 1.96. The zero-order valence-corrected chi connectivity index (χ0v) is 7.91. The van der Waals surface area contributed by atoms with E-state index in [4.69, 9.17) is 0 Å². The summed E-state index contributed by atoms with van der Waals surface area (Å²) >= 11 is 0. The van der Waals surface area contributed by atoms with E-state index in [0.717, 1.165) is 18.7 Å². The first kappa shape index (κ1) is 9.19. The zero-order chi connectivity index (χ0) is 8.97. The molecule has 0 bridgehead atoms. The first-order valence-electron chi connectivity index (χ1n) is 4.35. The highest BCUT2D eigenvalue weighted by Gasteiger charge is 2.08. The fourth-order valence-corrected chi connectivity index (χ4v) is 1.13. The Hall–Kier alpha value is -0.900. The van der Waals surface area contributed by atoms with Gasteiger partial charge in [0.25, 0.3) is 0 Å². The van der Waals surface area contributed by atoms with Crippen molar-refractivity contribution in [2.24, 2.45) is 0 Å². The molecule has 0 aromatic carbocycles. The van der Waals surface area contributed by atoms with Crippen LogP contribution in [0.25, 0.3) is 0 Å². The van der Waals surface area contributed by atoms with Crippen molar-refractivity contribution >= 4 is 0 Å². The fourth-order valence-electron chi connectivity index (χ4n) is 1.13. The molecule has 0 aliphatic rings. The van der Waals surface area contributed by atoms with Crippen molar-refractivity contribution in [2.75, 3.05) is 7.05 Å². The molecule has 0 radical (unpaired) electrons. The smallest absolute Gasteiger partial charge is 0.0753 e. The summed E-state index contributed by atoms with van der Waals surface area (Å²) in [6, 6.07) is 0.326. The minimum Gasteiger partial charge on any atom is -0.312 e. The van der Waals surface area contributed by atoms with Crippen molar-refractivity contribution in [3.63, 3.8) is 0 Å². The van der Waals surface area contributed by atoms with Gasteiger partial charge in [0.05, 0.1) is 11.9 Å². The van der Waals surface area contributed by atoms with E-state index in [0.29, 0.717) is 6.04 Å². The van der Waals surface area contributed by atoms with Gasteiger partial charge in [-0.15, -0.1) is 5.10 Å². The van der Waals surface area contributed by atoms with Crippen LogP contribution in [0, 0.1) is 0 Å². The monoisotopic (exact) mass is 168 g/mol. The van der Waals surface area contributed by atoms with Crippen LogP contribution < -0.4 is 5.32 Å². The first-order valence-corrected chi connectivity index (χ1v) is 4.35. The van der Waals surface area contributed by atoms with Gasteiger partial charge in [0.15, 0.2) is 0 Å². The van der Waals surface area contributed by atoms with E-state index in [1.54, 1.807) is 0 Å². The van der Waals surface area contributed by atoms with E-state index in [1.807, 2.05) is 17.9 Å². The molecule has 1 aromatic heterocycles. The Bertz CT molecular complexity index is 231. The molecule has 0 fully saturated rings. The summed E-state index contributed by atoms with van der Waals surface area (Å²) < 4.78 is 1.95. The molecule has 0 spiro atoms. The molecule has 0 saturated carbocycles. The van der Waals surface area contributed by atoms with Gasteiger partial charge in [-0.25, -0.2) is 4.68 Å². The van der Waals surface area contributed by atoms with Gasteiger partial charge in [-0.05, 0) is 20.4 Å². The number of hydrogen-bond acceptors (Lipinski definition) is 3. The van der Waals surface area contributed by atoms with Crippen molar-refractivity contribution in [1.82, 2.24) is 20.3 Å². The number of aryl methyl sites for hydroxylation is 1. The van der Waals surface area contributed by atoms with Gasteiger partial charge in [0.1, 0.15) is 0 Å². The average molecular weight is 168 g/mol. The van der Waals surface area contributed by atoms with Gasteiger partial charge >= 0.3 is 0 Å². The average Bonchev–Trinajstić information content (AvgIpc) is 2.52. The molecule has 1 atom stereocenters. The van der Waals surface area contributed by atoms with Crippen LogP contribution in [-0.2, 0) is 6.54 Å². The second-order valence-electron chi connectivity index (χ2n) is 2.89. The third kappa shape index (κ3) is 1.82. The largest absolute Gasteiger partial charge is 0.312 e. The molecule has 0 aliphatic carbocycles. The van der Waals surface area contributed by atoms with E-state index in [-0.39, 0.29) is 0 Å². The molecule has 1 N–H and O–H groups in total. The van der Waals surface area contributed by atoms with Crippen LogP contribution in [0.15, 0.2) is 6.20 Å². The number of nitrogens with zero attached hydrogens (tertiary/aromatic N) is 3. The van der Waals surface area contributed by atoms with Crippen LogP contribution in [0.2, 0.25) is 0 Å². The minimum atomic E-state index is 0.326. The van der Waals surface area contributed by atoms with Crippen molar-refractivity contribution in [3.05, 3.63) is 11.9 Å². The highest BCUT2D eigenvalue weighted by molar-refractivity contribution is 4.99. The summed E-state index contributed by atoms with van der Waals surface area (Å²) in [5.41, 5.74) is 1.15. The van der Waals surface area contributed by atoms with Crippen LogP contribution in [0.4, 0.5) is 0 Å². The Labute approximate surface area is 73.0 Å². The lowest BCUT2D eigenvalue weighted by molar-refractivity contribution is 0.511. The summed E-state index contributed by atoms with van der Waals surface area (Å²) in [4.78, 5) is 0. The quantitative estimate of drug-likeness (QED) is 0.728. The van der Waals surface area contributed by atoms with E-state index < -0.39 is 0 Å². The molecule has 68 valence electrons. The first-order chi connectivity index (χ1) is 5.79. The van der Waals surface area contributed by atoms with Crippen LogP contribution in [-0.4, -0.2) is 22.0 Å². The van der Waals surface area contributed by atoms with Gasteiger partial charge in [-0.2, -0.15) is 0 Å². The van der Waals surface area contributed by atoms with Crippen LogP contribution in [0.3, 0.4) is 0 Å². The fraction of sp³-hybridized carbons (Fsp3) is 0.750. The molecule has 0 saturated heterocycles. The number of hydrogen-bond donors (Lipinski definition) is 1. The van der Waals surface area contributed by atoms with E-state index >= 15 is 0 Å². The van der Waals surface area contributed by atoms with Gasteiger partial charge in [0, 0.05) is 12.6 Å². The lowest BCUT2D eigenvalue weighted by atomic mass is 10.2. The molecule has 0 amide bonds. The normalized spacial score (nSPS) is 13.2. The maximum atomic E-state index is 4.00. The highest BCUT2D eigenvalue weighted by atomic mass is 15.4. The Kier molecular flexibility index (Phi) is 3.22. The minimum absolute atomic E-state index is 0.326. The summed E-state index contributed by atoms with van der Waals surface area (Å²) in [5.74, 6) is 0. The highest BCUT2D eigenvalue weighted by Crippen LogP contribution is 2.09. The standard InChI is InChI=1S/C8H16N4/c1-4-5-12-8(6-10-11-12)7(2)9-3/h6-7,9H,4-5H2,1-3H3. The number of aromatic nitrogens is 3. The van der Waals surface area contributed by atoms with Crippen molar-refractivity contribution in [1.29, 1.82) is 0 Å². The molecule has 12 heavy (non-hydrogen) atoms. The van der Waals surface area contributed by atoms with Crippen LogP contribution >= 0.6 is 0 Å². The lowest BCUT2D eigenvalue weighted by Crippen LogP contribution is -2.17. The van der Waals surface area contributed by atoms with E-state index in [2.05, 4.69) is 29.5 Å². The molecule has 4 nitrogen and oxygen atoms in total. The Morgan fingerprint density at radius 2 is 2.42 bits per heavy atom. The topological polar surface area (TPSA) is 42.7 Å². The molecule has 1 aromatic rings. The second-order valence-corrected chi connectivity index (χ2v) is 2.89. The van der Waals surface area contributed by atoms with Gasteiger partial charge in [0.2, 0.25) is 0 Å². The molecular weight excluding hydrogens is 152 g/mol. The summed E-state index contributed by atoms with van der Waals surface area (Å²) in [5, 5.41) is 11.0. The van der Waals surface area contributed by atoms with Crippen LogP contribution in [0.1, 0.15) is 32.0 Å². The molecule has 0 aliphatic heterocycles. The molecule has 1 rings (SSSR count). The van der Waals surface area contributed by atoms with Gasteiger partial charge in [-0.3, -0.25) is 0 Å². The molecule has 1 heterocycles. The maximum Gasteiger partial charge on any atom is 0.0753 e. The maximum absolute atomic E-state index is 4.00. The Morgan fingerprint density at radius 3 is 3.00 bits per heavy atom. The second kappa shape index (κ2) is 4.21. The predicted octanol–water partition coefficient (Wildman–Crippen LogP) is 0.968. The van der Waals surface area contributed by atoms with Crippen LogP contribution in [0.5, 0.6) is 0 Å². The van der Waals surface area contributed by atoms with Crippen molar-refractivity contribution < 1.29 is 0 Å². The molecular formula is C8H16N4.